The van der Waals surface area contributed by atoms with Crippen LogP contribution < -0.4 is 10.0 Å². The molecule has 0 aliphatic carbocycles. The number of sulfonamides is 1. The molecule has 0 atom stereocenters. The number of aromatic nitrogens is 1. The fourth-order valence-corrected chi connectivity index (χ4v) is 2.41. The second-order valence-electron chi connectivity index (χ2n) is 4.37. The number of nitro benzene ring substituents is 1. The fourth-order valence-electron chi connectivity index (χ4n) is 1.73. The molecule has 0 spiro atoms. The van der Waals surface area contributed by atoms with E-state index in [4.69, 9.17) is 0 Å². The van der Waals surface area contributed by atoms with Crippen molar-refractivity contribution < 1.29 is 13.3 Å². The molecule has 0 radical (unpaired) electrons. The van der Waals surface area contributed by atoms with Gasteiger partial charge in [0.25, 0.3) is 5.69 Å². The van der Waals surface area contributed by atoms with E-state index >= 15 is 0 Å². The summed E-state index contributed by atoms with van der Waals surface area (Å²) < 4.78 is 25.3. The molecule has 9 heteroatoms. The van der Waals surface area contributed by atoms with Crippen molar-refractivity contribution in [1.82, 2.24) is 9.71 Å². The van der Waals surface area contributed by atoms with Crippen LogP contribution in [0, 0.1) is 10.1 Å². The van der Waals surface area contributed by atoms with Gasteiger partial charge in [0, 0.05) is 24.9 Å². The molecular weight excluding hydrogens is 308 g/mol. The van der Waals surface area contributed by atoms with E-state index in [0.29, 0.717) is 12.4 Å². The fraction of sp³-hybridized carbons (Fsp3) is 0.154. The molecule has 2 aromatic rings. The van der Waals surface area contributed by atoms with Crippen LogP contribution in [-0.4, -0.2) is 25.4 Å². The zero-order valence-electron chi connectivity index (χ0n) is 11.7. The van der Waals surface area contributed by atoms with Gasteiger partial charge in [-0.1, -0.05) is 12.1 Å². The molecular formula is C13H14N4O4S. The van der Waals surface area contributed by atoms with Crippen LogP contribution in [0.2, 0.25) is 0 Å². The van der Waals surface area contributed by atoms with Crippen molar-refractivity contribution >= 4 is 21.5 Å². The second kappa shape index (κ2) is 6.50. The summed E-state index contributed by atoms with van der Waals surface area (Å²) in [4.78, 5) is 14.3. The highest BCUT2D eigenvalue weighted by molar-refractivity contribution is 7.89. The molecule has 0 fully saturated rings. The first kappa shape index (κ1) is 15.9. The number of nitrogens with one attached hydrogen (secondary N) is 2. The van der Waals surface area contributed by atoms with Gasteiger partial charge in [-0.15, -0.1) is 0 Å². The second-order valence-corrected chi connectivity index (χ2v) is 6.25. The van der Waals surface area contributed by atoms with Crippen molar-refractivity contribution in [2.24, 2.45) is 0 Å². The predicted molar refractivity (Wildman–Crippen MR) is 80.9 cm³/mol. The Labute approximate surface area is 127 Å². The molecule has 1 heterocycles. The Morgan fingerprint density at radius 2 is 2.05 bits per heavy atom. The van der Waals surface area contributed by atoms with E-state index in [1.807, 2.05) is 0 Å². The van der Waals surface area contributed by atoms with E-state index in [0.717, 1.165) is 5.56 Å². The Balaban J connectivity index is 2.06. The van der Waals surface area contributed by atoms with Gasteiger partial charge in [-0.25, -0.2) is 18.1 Å². The Kier molecular flexibility index (Phi) is 4.68. The van der Waals surface area contributed by atoms with Crippen LogP contribution in [0.5, 0.6) is 0 Å². The maximum Gasteiger partial charge on any atom is 0.269 e. The van der Waals surface area contributed by atoms with E-state index in [1.165, 1.54) is 37.5 Å². The first-order valence-corrected chi connectivity index (χ1v) is 7.77. The average Bonchev–Trinajstić information content (AvgIpc) is 2.53. The standard InChI is InChI=1S/C13H14N4O4S/c1-14-22(20,21)12-5-6-13(16-9-12)15-8-10-3-2-4-11(7-10)17(18)19/h2-7,9,14H,8H2,1H3,(H,15,16). The van der Waals surface area contributed by atoms with Gasteiger partial charge in [0.15, 0.2) is 0 Å². The molecule has 8 nitrogen and oxygen atoms in total. The summed E-state index contributed by atoms with van der Waals surface area (Å²) in [6.07, 6.45) is 1.24. The van der Waals surface area contributed by atoms with Crippen molar-refractivity contribution in [2.75, 3.05) is 12.4 Å². The minimum atomic E-state index is -3.51. The summed E-state index contributed by atoms with van der Waals surface area (Å²) >= 11 is 0. The minimum Gasteiger partial charge on any atom is -0.366 e. The van der Waals surface area contributed by atoms with Crippen LogP contribution in [0.1, 0.15) is 5.56 Å². The zero-order chi connectivity index (χ0) is 16.2. The Morgan fingerprint density at radius 3 is 2.64 bits per heavy atom. The Hall–Kier alpha value is -2.52. The first-order valence-electron chi connectivity index (χ1n) is 6.29. The Bertz CT molecular complexity index is 775. The van der Waals surface area contributed by atoms with Gasteiger partial charge in [0.2, 0.25) is 10.0 Å². The summed E-state index contributed by atoms with van der Waals surface area (Å²) in [6.45, 7) is 0.340. The molecule has 2 N–H and O–H groups in total. The van der Waals surface area contributed by atoms with Crippen molar-refractivity contribution in [2.45, 2.75) is 11.4 Å². The lowest BCUT2D eigenvalue weighted by atomic mass is 10.2. The van der Waals surface area contributed by atoms with E-state index in [-0.39, 0.29) is 10.6 Å². The lowest BCUT2D eigenvalue weighted by Gasteiger charge is -2.07. The van der Waals surface area contributed by atoms with Gasteiger partial charge in [0.1, 0.15) is 10.7 Å². The van der Waals surface area contributed by atoms with Gasteiger partial charge < -0.3 is 5.32 Å². The monoisotopic (exact) mass is 322 g/mol. The van der Waals surface area contributed by atoms with E-state index < -0.39 is 14.9 Å². The summed E-state index contributed by atoms with van der Waals surface area (Å²) in [5, 5.41) is 13.7. The van der Waals surface area contributed by atoms with Gasteiger partial charge in [-0.2, -0.15) is 0 Å². The Morgan fingerprint density at radius 1 is 1.27 bits per heavy atom. The summed E-state index contributed by atoms with van der Waals surface area (Å²) in [5.41, 5.74) is 0.741. The van der Waals surface area contributed by atoms with Crippen molar-refractivity contribution in [3.63, 3.8) is 0 Å². The van der Waals surface area contributed by atoms with Crippen molar-refractivity contribution in [3.05, 3.63) is 58.3 Å². The third-order valence-electron chi connectivity index (χ3n) is 2.91. The maximum atomic E-state index is 11.6. The van der Waals surface area contributed by atoms with Crippen LogP contribution in [0.15, 0.2) is 47.5 Å². The minimum absolute atomic E-state index is 0.0164. The normalized spacial score (nSPS) is 11.1. The number of pyridine rings is 1. The number of nitro groups is 1. The van der Waals surface area contributed by atoms with Crippen LogP contribution in [-0.2, 0) is 16.6 Å². The highest BCUT2D eigenvalue weighted by Gasteiger charge is 2.11. The summed E-state index contributed by atoms with van der Waals surface area (Å²) in [5.74, 6) is 0.474. The smallest absolute Gasteiger partial charge is 0.269 e. The third-order valence-corrected chi connectivity index (χ3v) is 4.31. The van der Waals surface area contributed by atoms with E-state index in [1.54, 1.807) is 12.1 Å². The molecule has 0 amide bonds. The number of anilines is 1. The predicted octanol–water partition coefficient (Wildman–Crippen LogP) is 1.51. The first-order chi connectivity index (χ1) is 10.4. The number of nitrogens with zero attached hydrogens (tertiary/aromatic N) is 2. The molecule has 22 heavy (non-hydrogen) atoms. The van der Waals surface area contributed by atoms with Crippen LogP contribution in [0.3, 0.4) is 0 Å². The zero-order valence-corrected chi connectivity index (χ0v) is 12.5. The number of benzene rings is 1. The summed E-state index contributed by atoms with van der Waals surface area (Å²) in [7, 11) is -2.19. The molecule has 0 aliphatic heterocycles. The number of non-ortho nitro benzene ring substituents is 1. The van der Waals surface area contributed by atoms with Gasteiger partial charge >= 0.3 is 0 Å². The van der Waals surface area contributed by atoms with Crippen molar-refractivity contribution in [3.8, 4) is 0 Å². The number of rotatable bonds is 6. The molecule has 0 saturated heterocycles. The lowest BCUT2D eigenvalue weighted by Crippen LogP contribution is -2.18. The molecule has 0 aliphatic rings. The van der Waals surface area contributed by atoms with Gasteiger partial charge in [-0.05, 0) is 24.7 Å². The van der Waals surface area contributed by atoms with Crippen LogP contribution in [0.25, 0.3) is 0 Å². The molecule has 1 aromatic carbocycles. The highest BCUT2D eigenvalue weighted by atomic mass is 32.2. The highest BCUT2D eigenvalue weighted by Crippen LogP contribution is 2.15. The largest absolute Gasteiger partial charge is 0.366 e. The quantitative estimate of drug-likeness (QED) is 0.615. The van der Waals surface area contributed by atoms with Gasteiger partial charge in [0.05, 0.1) is 4.92 Å². The van der Waals surface area contributed by atoms with E-state index in [9.17, 15) is 18.5 Å². The molecule has 0 saturated carbocycles. The maximum absolute atomic E-state index is 11.6. The van der Waals surface area contributed by atoms with Crippen LogP contribution in [0.4, 0.5) is 11.5 Å². The molecule has 0 unspecified atom stereocenters. The average molecular weight is 322 g/mol. The lowest BCUT2D eigenvalue weighted by molar-refractivity contribution is -0.384. The molecule has 116 valence electrons. The van der Waals surface area contributed by atoms with Gasteiger partial charge in [-0.3, -0.25) is 10.1 Å². The topological polar surface area (TPSA) is 114 Å². The van der Waals surface area contributed by atoms with Crippen molar-refractivity contribution in [1.29, 1.82) is 0 Å². The van der Waals surface area contributed by atoms with Crippen LogP contribution >= 0.6 is 0 Å². The van der Waals surface area contributed by atoms with E-state index in [2.05, 4.69) is 15.0 Å². The molecule has 2 rings (SSSR count). The number of hydrogen-bond donors (Lipinski definition) is 2. The molecule has 1 aromatic heterocycles. The summed E-state index contributed by atoms with van der Waals surface area (Å²) in [6, 6.07) is 9.19. The molecule has 0 bridgehead atoms. The number of hydrogen-bond acceptors (Lipinski definition) is 6. The SMILES string of the molecule is CNS(=O)(=O)c1ccc(NCc2cccc([N+](=O)[O-])c2)nc1. The third kappa shape index (κ3) is 3.77.